The number of aliphatic hydroxyl groups is 2. The zero-order valence-electron chi connectivity index (χ0n) is 14.8. The molecule has 1 aromatic heterocycles. The molecule has 2 heterocycles. The molecule has 4 unspecified atom stereocenters. The predicted octanol–water partition coefficient (Wildman–Crippen LogP) is -1.13. The van der Waals surface area contributed by atoms with Gasteiger partial charge in [0.2, 0.25) is 0 Å². The second-order valence-corrected chi connectivity index (χ2v) is 10.7. The Balaban J connectivity index is 2.19. The van der Waals surface area contributed by atoms with Crippen molar-refractivity contribution >= 4 is 35.7 Å². The number of phosphoric ester groups is 1. The third-order valence-corrected chi connectivity index (χ3v) is 7.68. The van der Waals surface area contributed by atoms with Crippen LogP contribution >= 0.6 is 35.7 Å². The Kier molecular flexibility index (Phi) is 7.66. The molecule has 1 saturated heterocycles. The average molecular weight is 524 g/mol. The molecule has 1 aromatic rings. The summed E-state index contributed by atoms with van der Waals surface area (Å²) < 4.78 is 51.2. The lowest BCUT2D eigenvalue weighted by Crippen LogP contribution is -2.47. The molecule has 31 heavy (non-hydrogen) atoms. The number of rotatable bonds is 8. The molecule has 0 amide bonds. The summed E-state index contributed by atoms with van der Waals surface area (Å²) in [5, 5.41) is 20.8. The molecule has 6 atom stereocenters. The van der Waals surface area contributed by atoms with Crippen LogP contribution in [0.4, 0.5) is 0 Å². The zero-order chi connectivity index (χ0) is 23.8. The summed E-state index contributed by atoms with van der Waals surface area (Å²) in [6.07, 6.45) is 0.906. The first kappa shape index (κ1) is 26.2. The first-order valence-corrected chi connectivity index (χ1v) is 12.6. The molecule has 16 nitrogen and oxygen atoms in total. The van der Waals surface area contributed by atoms with E-state index in [0.29, 0.717) is 0 Å². The third-order valence-electron chi connectivity index (χ3n) is 3.64. The maximum absolute atomic E-state index is 12.1. The van der Waals surface area contributed by atoms with Crippen molar-refractivity contribution in [1.29, 1.82) is 0 Å². The molecule has 2 rings (SSSR count). The fourth-order valence-corrected chi connectivity index (χ4v) is 5.60. The van der Waals surface area contributed by atoms with E-state index in [1.165, 1.54) is 6.07 Å². The van der Waals surface area contributed by atoms with E-state index in [4.69, 9.17) is 38.1 Å². The highest BCUT2D eigenvalue weighted by Gasteiger charge is 2.56. The zero-order valence-corrected chi connectivity index (χ0v) is 18.3. The van der Waals surface area contributed by atoms with Crippen LogP contribution in [0.25, 0.3) is 0 Å². The number of aliphatic hydroxyl groups excluding tert-OH is 1. The molecule has 7 N–H and O–H groups in total. The molecule has 0 aromatic carbocycles. The van der Waals surface area contributed by atoms with Crippen LogP contribution in [-0.2, 0) is 31.6 Å². The Bertz CT molecular complexity index is 1140. The molecule has 0 aliphatic carbocycles. The summed E-state index contributed by atoms with van der Waals surface area (Å²) in [5.74, 6) is 1.84. The van der Waals surface area contributed by atoms with Gasteiger partial charge in [-0.15, -0.1) is 6.42 Å². The second kappa shape index (κ2) is 9.06. The van der Waals surface area contributed by atoms with E-state index in [1.54, 1.807) is 0 Å². The minimum absolute atomic E-state index is 0.0354. The van der Waals surface area contributed by atoms with Crippen LogP contribution in [-0.4, -0.2) is 63.8 Å². The number of nitrogens with one attached hydrogen (secondary N) is 1. The lowest BCUT2D eigenvalue weighted by atomic mass is 9.95. The lowest BCUT2D eigenvalue weighted by molar-refractivity contribution is -0.0760. The number of nitrogens with zero attached hydrogens (tertiary/aromatic N) is 1. The number of H-pyrrole nitrogens is 1. The predicted molar refractivity (Wildman–Crippen MR) is 99.4 cm³/mol. The fraction of sp³-hybridized carbons (Fsp3) is 0.455. The van der Waals surface area contributed by atoms with Crippen LogP contribution in [0.1, 0.15) is 6.23 Å². The standard InChI is InChI=1S/C11H15N2O14P3S/c1-2-11(16)8(14)6(25-9(11)13-4-3-7(31)12-10(13)15)5-24-29(20,21)27-30(22,23)26-28(17,18)19/h1,3-4,6,8-9,14,16H,5H2,(H,20,21)(H,22,23)(H,12,15,31)(H2,17,18,19)/t6-,8+,9?,11?/m1/s1. The molecule has 1 aliphatic rings. The Labute approximate surface area is 177 Å². The number of aromatic nitrogens is 2. The second-order valence-electron chi connectivity index (χ2n) is 5.85. The monoisotopic (exact) mass is 524 g/mol. The van der Waals surface area contributed by atoms with Gasteiger partial charge in [-0.25, -0.2) is 18.5 Å². The van der Waals surface area contributed by atoms with Crippen LogP contribution in [0.3, 0.4) is 0 Å². The molecule has 1 aliphatic heterocycles. The van der Waals surface area contributed by atoms with Crippen molar-refractivity contribution in [3.05, 3.63) is 27.4 Å². The van der Waals surface area contributed by atoms with Crippen molar-refractivity contribution in [2.75, 3.05) is 6.61 Å². The summed E-state index contributed by atoms with van der Waals surface area (Å²) in [4.78, 5) is 49.8. The van der Waals surface area contributed by atoms with Crippen molar-refractivity contribution in [3.63, 3.8) is 0 Å². The molecule has 1 fully saturated rings. The Morgan fingerprint density at radius 3 is 2.39 bits per heavy atom. The summed E-state index contributed by atoms with van der Waals surface area (Å²) in [7, 11) is -16.9. The van der Waals surface area contributed by atoms with Crippen molar-refractivity contribution in [2.45, 2.75) is 24.0 Å². The van der Waals surface area contributed by atoms with E-state index in [-0.39, 0.29) is 4.64 Å². The van der Waals surface area contributed by atoms with E-state index in [9.17, 15) is 33.6 Å². The Hall–Kier alpha value is -1.05. The lowest BCUT2D eigenvalue weighted by Gasteiger charge is -2.26. The first-order chi connectivity index (χ1) is 14.0. The fourth-order valence-electron chi connectivity index (χ4n) is 2.42. The number of terminal acetylenes is 1. The number of ether oxygens (including phenoxy) is 1. The number of phosphoric acid groups is 3. The van der Waals surface area contributed by atoms with Crippen LogP contribution in [0.5, 0.6) is 0 Å². The normalized spacial score (nSPS) is 30.3. The van der Waals surface area contributed by atoms with Crippen LogP contribution < -0.4 is 5.69 Å². The average Bonchev–Trinajstić information content (AvgIpc) is 2.82. The van der Waals surface area contributed by atoms with Gasteiger partial charge in [-0.1, -0.05) is 18.1 Å². The molecule has 0 radical (unpaired) electrons. The minimum Gasteiger partial charge on any atom is -0.386 e. The van der Waals surface area contributed by atoms with Gasteiger partial charge in [0.05, 0.1) is 6.61 Å². The van der Waals surface area contributed by atoms with Gasteiger partial charge in [-0.2, -0.15) is 8.62 Å². The molecular formula is C11H15N2O14P3S. The molecule has 20 heteroatoms. The summed E-state index contributed by atoms with van der Waals surface area (Å²) in [6, 6.07) is 1.24. The molecular weight excluding hydrogens is 509 g/mol. The van der Waals surface area contributed by atoms with Gasteiger partial charge in [-0.3, -0.25) is 14.1 Å². The van der Waals surface area contributed by atoms with E-state index in [2.05, 4.69) is 18.1 Å². The van der Waals surface area contributed by atoms with Gasteiger partial charge in [0, 0.05) is 6.20 Å². The van der Waals surface area contributed by atoms with Gasteiger partial charge in [0.15, 0.2) is 11.8 Å². The number of hydrogen-bond donors (Lipinski definition) is 7. The third kappa shape index (κ3) is 6.48. The molecule has 174 valence electrons. The summed E-state index contributed by atoms with van der Waals surface area (Å²) in [6.45, 7) is -1.11. The SMILES string of the molecule is C#CC1(O)C(n2ccc(=S)[nH]c2=O)O[C@H](COP(=O)(O)OP(=O)(O)OP(=O)(O)O)[C@@H]1O. The molecule has 0 bridgehead atoms. The van der Waals surface area contributed by atoms with E-state index in [0.717, 1.165) is 10.8 Å². The smallest absolute Gasteiger partial charge is 0.386 e. The summed E-state index contributed by atoms with van der Waals surface area (Å²) >= 11 is 4.77. The van der Waals surface area contributed by atoms with Crippen molar-refractivity contribution in [2.24, 2.45) is 0 Å². The van der Waals surface area contributed by atoms with Crippen LogP contribution in [0.15, 0.2) is 17.1 Å². The Morgan fingerprint density at radius 1 is 1.26 bits per heavy atom. The largest absolute Gasteiger partial charge is 0.490 e. The highest BCUT2D eigenvalue weighted by Crippen LogP contribution is 2.66. The van der Waals surface area contributed by atoms with Crippen molar-refractivity contribution in [1.82, 2.24) is 9.55 Å². The van der Waals surface area contributed by atoms with E-state index < -0.39 is 59.8 Å². The van der Waals surface area contributed by atoms with Gasteiger partial charge in [0.25, 0.3) is 0 Å². The van der Waals surface area contributed by atoms with E-state index in [1.807, 2.05) is 5.92 Å². The maximum Gasteiger partial charge on any atom is 0.490 e. The molecule has 0 spiro atoms. The van der Waals surface area contributed by atoms with Gasteiger partial charge >= 0.3 is 29.2 Å². The number of aromatic amines is 1. The van der Waals surface area contributed by atoms with Crippen LogP contribution in [0.2, 0.25) is 0 Å². The quantitative estimate of drug-likeness (QED) is 0.121. The highest BCUT2D eigenvalue weighted by molar-refractivity contribution is 7.71. The summed E-state index contributed by atoms with van der Waals surface area (Å²) in [5.41, 5.74) is -3.42. The first-order valence-electron chi connectivity index (χ1n) is 7.63. The van der Waals surface area contributed by atoms with Gasteiger partial charge in [0.1, 0.15) is 16.8 Å². The molecule has 0 saturated carbocycles. The van der Waals surface area contributed by atoms with Gasteiger partial charge < -0.3 is 34.5 Å². The van der Waals surface area contributed by atoms with Crippen molar-refractivity contribution < 1.29 is 61.4 Å². The number of hydrogen-bond acceptors (Lipinski definition) is 11. The van der Waals surface area contributed by atoms with Crippen molar-refractivity contribution in [3.8, 4) is 12.3 Å². The van der Waals surface area contributed by atoms with Gasteiger partial charge in [-0.05, 0) is 6.07 Å². The van der Waals surface area contributed by atoms with Crippen LogP contribution in [0, 0.1) is 17.0 Å². The topological polar surface area (TPSA) is 247 Å². The minimum atomic E-state index is -5.76. The Morgan fingerprint density at radius 2 is 1.87 bits per heavy atom. The maximum atomic E-state index is 12.1. The van der Waals surface area contributed by atoms with E-state index >= 15 is 0 Å². The highest BCUT2D eigenvalue weighted by atomic mass is 32.1.